The Bertz CT molecular complexity index is 1300. The lowest BCUT2D eigenvalue weighted by Crippen LogP contribution is -2.25. The van der Waals surface area contributed by atoms with E-state index < -0.39 is 5.97 Å². The van der Waals surface area contributed by atoms with Crippen LogP contribution in [0.4, 0.5) is 0 Å². The van der Waals surface area contributed by atoms with Crippen LogP contribution < -0.4 is 5.56 Å². The highest BCUT2D eigenvalue weighted by atomic mass is 35.5. The second-order valence-corrected chi connectivity index (χ2v) is 7.14. The summed E-state index contributed by atoms with van der Waals surface area (Å²) in [4.78, 5) is 30.5. The predicted octanol–water partition coefficient (Wildman–Crippen LogP) is 3.55. The van der Waals surface area contributed by atoms with E-state index >= 15 is 0 Å². The summed E-state index contributed by atoms with van der Waals surface area (Å²) in [7, 11) is 1.72. The van der Waals surface area contributed by atoms with Gasteiger partial charge in [-0.25, -0.2) is 9.55 Å². The molecule has 0 amide bonds. The fourth-order valence-electron chi connectivity index (χ4n) is 3.39. The molecule has 152 valence electrons. The molecule has 7 nitrogen and oxygen atoms in total. The minimum Gasteiger partial charge on any atom is -0.466 e. The van der Waals surface area contributed by atoms with Crippen LogP contribution in [0.1, 0.15) is 12.5 Å². The molecule has 0 saturated carbocycles. The van der Waals surface area contributed by atoms with Crippen molar-refractivity contribution >= 4 is 28.5 Å². The quantitative estimate of drug-likeness (QED) is 0.459. The summed E-state index contributed by atoms with van der Waals surface area (Å²) < 4.78 is 8.12. The van der Waals surface area contributed by atoms with E-state index in [1.165, 1.54) is 4.57 Å². The first-order valence-electron chi connectivity index (χ1n) is 9.44. The molecular weight excluding hydrogens is 404 g/mol. The van der Waals surface area contributed by atoms with Crippen molar-refractivity contribution in [1.82, 2.24) is 19.3 Å². The van der Waals surface area contributed by atoms with Crippen LogP contribution in [0.5, 0.6) is 0 Å². The lowest BCUT2D eigenvalue weighted by Gasteiger charge is -2.15. The number of carbonyl (C=O) groups is 1. The van der Waals surface area contributed by atoms with Crippen molar-refractivity contribution in [2.75, 3.05) is 6.61 Å². The number of benzene rings is 2. The van der Waals surface area contributed by atoms with Gasteiger partial charge >= 0.3 is 5.97 Å². The highest BCUT2D eigenvalue weighted by molar-refractivity contribution is 6.31. The van der Waals surface area contributed by atoms with Crippen LogP contribution in [0, 0.1) is 0 Å². The van der Waals surface area contributed by atoms with E-state index in [4.69, 9.17) is 21.3 Å². The zero-order valence-corrected chi connectivity index (χ0v) is 17.3. The average Bonchev–Trinajstić information content (AvgIpc) is 3.09. The lowest BCUT2D eigenvalue weighted by molar-refractivity contribution is -0.142. The van der Waals surface area contributed by atoms with Crippen molar-refractivity contribution in [3.8, 4) is 17.2 Å². The monoisotopic (exact) mass is 422 g/mol. The summed E-state index contributed by atoms with van der Waals surface area (Å²) in [5, 5.41) is 5.10. The number of aryl methyl sites for hydroxylation is 1. The second kappa shape index (κ2) is 8.12. The molecule has 0 bridgehead atoms. The van der Waals surface area contributed by atoms with Crippen LogP contribution >= 0.6 is 11.6 Å². The molecule has 8 heteroatoms. The molecule has 0 aliphatic rings. The van der Waals surface area contributed by atoms with E-state index in [0.717, 1.165) is 5.56 Å². The Morgan fingerprint density at radius 2 is 1.93 bits per heavy atom. The van der Waals surface area contributed by atoms with Gasteiger partial charge in [-0.15, -0.1) is 0 Å². The summed E-state index contributed by atoms with van der Waals surface area (Å²) >= 11 is 6.14. The molecule has 2 aromatic carbocycles. The summed E-state index contributed by atoms with van der Waals surface area (Å²) in [6.07, 6.45) is 1.56. The first kappa shape index (κ1) is 19.8. The van der Waals surface area contributed by atoms with Gasteiger partial charge in [0.2, 0.25) is 0 Å². The van der Waals surface area contributed by atoms with Gasteiger partial charge in [0.25, 0.3) is 5.56 Å². The van der Waals surface area contributed by atoms with Gasteiger partial charge < -0.3 is 4.74 Å². The molecule has 0 N–H and O–H groups in total. The van der Waals surface area contributed by atoms with Gasteiger partial charge in [0.15, 0.2) is 0 Å². The van der Waals surface area contributed by atoms with Crippen LogP contribution in [0.25, 0.3) is 28.1 Å². The molecule has 30 heavy (non-hydrogen) atoms. The molecular formula is C22H19ClN4O3. The van der Waals surface area contributed by atoms with Gasteiger partial charge in [0.05, 0.1) is 30.1 Å². The van der Waals surface area contributed by atoms with Gasteiger partial charge in [-0.2, -0.15) is 5.10 Å². The van der Waals surface area contributed by atoms with Gasteiger partial charge in [-0.05, 0) is 25.1 Å². The van der Waals surface area contributed by atoms with E-state index in [1.807, 2.05) is 30.3 Å². The van der Waals surface area contributed by atoms with E-state index in [1.54, 1.807) is 43.0 Å². The maximum Gasteiger partial charge on any atom is 0.310 e. The van der Waals surface area contributed by atoms with Crippen LogP contribution in [-0.4, -0.2) is 31.9 Å². The van der Waals surface area contributed by atoms with Crippen LogP contribution in [0.15, 0.2) is 59.5 Å². The van der Waals surface area contributed by atoms with Crippen molar-refractivity contribution in [3.05, 3.63) is 75.7 Å². The number of carbonyl (C=O) groups excluding carboxylic acids is 1. The van der Waals surface area contributed by atoms with E-state index in [0.29, 0.717) is 33.1 Å². The number of fused-ring (bicyclic) bond motifs is 1. The summed E-state index contributed by atoms with van der Waals surface area (Å²) in [6.45, 7) is 2.02. The lowest BCUT2D eigenvalue weighted by atomic mass is 10.1. The Balaban J connectivity index is 2.03. The molecule has 4 aromatic rings. The molecule has 0 aliphatic heterocycles. The number of aromatic nitrogens is 4. The third-order valence-electron chi connectivity index (χ3n) is 4.69. The van der Waals surface area contributed by atoms with Crippen LogP contribution in [0.2, 0.25) is 5.02 Å². The number of esters is 1. The first-order valence-corrected chi connectivity index (χ1v) is 9.82. The fourth-order valence-corrected chi connectivity index (χ4v) is 3.56. The highest BCUT2D eigenvalue weighted by Crippen LogP contribution is 2.25. The molecule has 0 fully saturated rings. The zero-order valence-electron chi connectivity index (χ0n) is 16.5. The maximum atomic E-state index is 13.6. The molecule has 4 rings (SSSR count). The van der Waals surface area contributed by atoms with E-state index in [-0.39, 0.29) is 18.6 Å². The number of nitrogens with zero attached hydrogens (tertiary/aromatic N) is 4. The summed E-state index contributed by atoms with van der Waals surface area (Å²) in [5.41, 5.74) is 1.57. The van der Waals surface area contributed by atoms with Crippen LogP contribution in [-0.2, 0) is 23.0 Å². The Kier molecular flexibility index (Phi) is 5.37. The van der Waals surface area contributed by atoms with Gasteiger partial charge in [0, 0.05) is 23.2 Å². The molecule has 0 radical (unpaired) electrons. The van der Waals surface area contributed by atoms with Gasteiger partial charge in [0.1, 0.15) is 11.6 Å². The number of rotatable bonds is 5. The van der Waals surface area contributed by atoms with E-state index in [2.05, 4.69) is 5.10 Å². The van der Waals surface area contributed by atoms with Crippen LogP contribution in [0.3, 0.4) is 0 Å². The van der Waals surface area contributed by atoms with Crippen molar-refractivity contribution in [1.29, 1.82) is 0 Å². The maximum absolute atomic E-state index is 13.6. The second-order valence-electron chi connectivity index (χ2n) is 6.70. The summed E-state index contributed by atoms with van der Waals surface area (Å²) in [5.74, 6) is 0.517. The van der Waals surface area contributed by atoms with E-state index in [9.17, 15) is 9.59 Å². The summed E-state index contributed by atoms with van der Waals surface area (Å²) in [6, 6.07) is 14.4. The van der Waals surface area contributed by atoms with Gasteiger partial charge in [-0.3, -0.25) is 14.3 Å². The largest absolute Gasteiger partial charge is 0.466 e. The Morgan fingerprint density at radius 1 is 1.17 bits per heavy atom. The minimum absolute atomic E-state index is 0.00866. The topological polar surface area (TPSA) is 79.0 Å². The third-order valence-corrected chi connectivity index (χ3v) is 4.93. The Hall–Kier alpha value is -3.45. The van der Waals surface area contributed by atoms with Crippen molar-refractivity contribution < 1.29 is 9.53 Å². The molecule has 0 spiro atoms. The first-order chi connectivity index (χ1) is 14.5. The normalized spacial score (nSPS) is 11.0. The standard InChI is InChI=1S/C22H19ClN4O3/c1-3-30-19(28)11-15-13-24-26(2)21(15)27-20(14-7-5-4-6-8-14)25-18-10-9-16(23)12-17(18)22(27)29/h4-10,12-13H,3,11H2,1-2H3. The minimum atomic E-state index is -0.391. The smallest absolute Gasteiger partial charge is 0.310 e. The average molecular weight is 423 g/mol. The third kappa shape index (κ3) is 3.59. The molecule has 2 aromatic heterocycles. The highest BCUT2D eigenvalue weighted by Gasteiger charge is 2.21. The molecule has 2 heterocycles. The molecule has 0 unspecified atom stereocenters. The van der Waals surface area contributed by atoms with Crippen molar-refractivity contribution in [3.63, 3.8) is 0 Å². The molecule has 0 atom stereocenters. The molecule has 0 saturated heterocycles. The number of ether oxygens (including phenoxy) is 1. The number of hydrogen-bond acceptors (Lipinski definition) is 5. The molecule has 0 aliphatic carbocycles. The fraction of sp³-hybridized carbons (Fsp3) is 0.182. The van der Waals surface area contributed by atoms with Crippen molar-refractivity contribution in [2.24, 2.45) is 7.05 Å². The SMILES string of the molecule is CCOC(=O)Cc1cnn(C)c1-n1c(-c2ccccc2)nc2ccc(Cl)cc2c1=O. The Labute approximate surface area is 177 Å². The number of hydrogen-bond donors (Lipinski definition) is 0. The Morgan fingerprint density at radius 3 is 2.67 bits per heavy atom. The number of halogens is 1. The predicted molar refractivity (Wildman–Crippen MR) is 115 cm³/mol. The van der Waals surface area contributed by atoms with Gasteiger partial charge in [-0.1, -0.05) is 41.9 Å². The zero-order chi connectivity index (χ0) is 21.3. The van der Waals surface area contributed by atoms with Crippen molar-refractivity contribution in [2.45, 2.75) is 13.3 Å².